The molecule has 27 heavy (non-hydrogen) atoms. The Morgan fingerprint density at radius 3 is 2.67 bits per heavy atom. The number of hydrogen-bond acceptors (Lipinski definition) is 5. The Bertz CT molecular complexity index is 597. The van der Waals surface area contributed by atoms with Crippen LogP contribution in [0.5, 0.6) is 0 Å². The second kappa shape index (κ2) is 10.2. The Balaban J connectivity index is 1.50. The molecule has 0 bridgehead atoms. The molecule has 2 saturated heterocycles. The molecule has 0 aromatic carbocycles. The molecule has 2 aliphatic heterocycles. The maximum atomic E-state index is 4.71. The van der Waals surface area contributed by atoms with E-state index < -0.39 is 0 Å². The summed E-state index contributed by atoms with van der Waals surface area (Å²) in [6.07, 6.45) is 3.22. The fourth-order valence-corrected chi connectivity index (χ4v) is 4.85. The second-order valence-corrected chi connectivity index (χ2v) is 8.60. The fraction of sp³-hybridized carbons (Fsp3) is 0.700. The largest absolute Gasteiger partial charge is 0.354 e. The summed E-state index contributed by atoms with van der Waals surface area (Å²) < 4.78 is 0. The van der Waals surface area contributed by atoms with Crippen LogP contribution in [0.25, 0.3) is 0 Å². The molecular formula is C20H34N6S. The van der Waals surface area contributed by atoms with Crippen LogP contribution in [0.4, 0.5) is 5.82 Å². The van der Waals surface area contributed by atoms with E-state index in [1.54, 1.807) is 0 Å². The van der Waals surface area contributed by atoms with Gasteiger partial charge in [0.25, 0.3) is 0 Å². The van der Waals surface area contributed by atoms with Gasteiger partial charge in [0, 0.05) is 70.1 Å². The van der Waals surface area contributed by atoms with Crippen LogP contribution in [-0.2, 0) is 6.54 Å². The first kappa shape index (κ1) is 20.3. The molecule has 2 fully saturated rings. The molecule has 1 aromatic heterocycles. The molecule has 0 radical (unpaired) electrons. The van der Waals surface area contributed by atoms with Crippen molar-refractivity contribution in [3.8, 4) is 0 Å². The van der Waals surface area contributed by atoms with Gasteiger partial charge in [-0.25, -0.2) is 4.98 Å². The number of nitrogens with zero attached hydrogens (tertiary/aromatic N) is 5. The third kappa shape index (κ3) is 5.51. The molecule has 1 atom stereocenters. The average molecular weight is 391 g/mol. The SMILES string of the molecule is CCC1CN(C(=NC)NCc2ccc(N3CCN(CC)CC3)nc2)CCS1. The molecular weight excluding hydrogens is 356 g/mol. The van der Waals surface area contributed by atoms with E-state index in [4.69, 9.17) is 4.98 Å². The number of likely N-dealkylation sites (N-methyl/N-ethyl adjacent to an activating group) is 1. The Hall–Kier alpha value is -1.47. The van der Waals surface area contributed by atoms with Gasteiger partial charge in [-0.1, -0.05) is 19.9 Å². The van der Waals surface area contributed by atoms with Crippen molar-refractivity contribution >= 4 is 23.5 Å². The van der Waals surface area contributed by atoms with Crippen molar-refractivity contribution in [2.75, 3.05) is 63.5 Å². The molecule has 0 saturated carbocycles. The number of hydrogen-bond donors (Lipinski definition) is 1. The summed E-state index contributed by atoms with van der Waals surface area (Å²) in [5.41, 5.74) is 1.20. The number of anilines is 1. The van der Waals surface area contributed by atoms with Gasteiger partial charge in [0.05, 0.1) is 0 Å². The summed E-state index contributed by atoms with van der Waals surface area (Å²) in [5.74, 6) is 3.28. The molecule has 1 N–H and O–H groups in total. The van der Waals surface area contributed by atoms with Gasteiger partial charge in [-0.3, -0.25) is 4.99 Å². The third-order valence-electron chi connectivity index (χ3n) is 5.51. The molecule has 3 heterocycles. The average Bonchev–Trinajstić information content (AvgIpc) is 2.75. The van der Waals surface area contributed by atoms with E-state index in [9.17, 15) is 0 Å². The zero-order valence-corrected chi connectivity index (χ0v) is 17.8. The minimum absolute atomic E-state index is 0.714. The van der Waals surface area contributed by atoms with E-state index in [1.165, 1.54) is 17.7 Å². The van der Waals surface area contributed by atoms with Crippen LogP contribution in [0.15, 0.2) is 23.3 Å². The van der Waals surface area contributed by atoms with Crippen LogP contribution in [0.3, 0.4) is 0 Å². The molecule has 0 amide bonds. The van der Waals surface area contributed by atoms with E-state index in [0.29, 0.717) is 5.25 Å². The zero-order chi connectivity index (χ0) is 19.1. The molecule has 1 aromatic rings. The van der Waals surface area contributed by atoms with E-state index >= 15 is 0 Å². The summed E-state index contributed by atoms with van der Waals surface area (Å²) >= 11 is 2.08. The molecule has 0 spiro atoms. The summed E-state index contributed by atoms with van der Waals surface area (Å²) in [6, 6.07) is 4.35. The molecule has 6 nitrogen and oxygen atoms in total. The third-order valence-corrected chi connectivity index (χ3v) is 6.88. The Morgan fingerprint density at radius 1 is 1.22 bits per heavy atom. The van der Waals surface area contributed by atoms with E-state index in [1.807, 2.05) is 13.2 Å². The predicted molar refractivity (Wildman–Crippen MR) is 117 cm³/mol. The number of aromatic nitrogens is 1. The Kier molecular flexibility index (Phi) is 7.64. The van der Waals surface area contributed by atoms with Crippen LogP contribution in [0.2, 0.25) is 0 Å². The van der Waals surface area contributed by atoms with Gasteiger partial charge in [0.2, 0.25) is 0 Å². The number of nitrogens with one attached hydrogen (secondary N) is 1. The maximum absolute atomic E-state index is 4.71. The highest BCUT2D eigenvalue weighted by molar-refractivity contribution is 8.00. The number of thioether (sulfide) groups is 1. The summed E-state index contributed by atoms with van der Waals surface area (Å²) in [5, 5.41) is 4.23. The lowest BCUT2D eigenvalue weighted by Gasteiger charge is -2.35. The quantitative estimate of drug-likeness (QED) is 0.614. The van der Waals surface area contributed by atoms with Crippen LogP contribution in [0, 0.1) is 0 Å². The van der Waals surface area contributed by atoms with Crippen molar-refractivity contribution < 1.29 is 0 Å². The first-order chi connectivity index (χ1) is 13.2. The first-order valence-electron chi connectivity index (χ1n) is 10.2. The molecule has 0 aliphatic carbocycles. The lowest BCUT2D eigenvalue weighted by Crippen LogP contribution is -2.47. The normalized spacial score (nSPS) is 22.2. The van der Waals surface area contributed by atoms with Crippen LogP contribution >= 0.6 is 11.8 Å². The van der Waals surface area contributed by atoms with Crippen molar-refractivity contribution in [3.05, 3.63) is 23.9 Å². The van der Waals surface area contributed by atoms with E-state index in [-0.39, 0.29) is 0 Å². The number of pyridine rings is 1. The number of piperazine rings is 1. The minimum atomic E-state index is 0.714. The highest BCUT2D eigenvalue weighted by Gasteiger charge is 2.21. The van der Waals surface area contributed by atoms with Gasteiger partial charge in [-0.15, -0.1) is 0 Å². The number of aliphatic imine (C=N–C) groups is 1. The lowest BCUT2D eigenvalue weighted by atomic mass is 10.2. The topological polar surface area (TPSA) is 47.0 Å². The van der Waals surface area contributed by atoms with Crippen molar-refractivity contribution in [1.29, 1.82) is 0 Å². The summed E-state index contributed by atoms with van der Waals surface area (Å²) in [7, 11) is 1.88. The molecule has 7 heteroatoms. The summed E-state index contributed by atoms with van der Waals surface area (Å²) in [6.45, 7) is 13.0. The van der Waals surface area contributed by atoms with Crippen LogP contribution in [-0.4, -0.2) is 84.6 Å². The van der Waals surface area contributed by atoms with Crippen molar-refractivity contribution in [2.24, 2.45) is 4.99 Å². The van der Waals surface area contributed by atoms with Crippen molar-refractivity contribution in [1.82, 2.24) is 20.1 Å². The van der Waals surface area contributed by atoms with Crippen molar-refractivity contribution in [2.45, 2.75) is 32.1 Å². The monoisotopic (exact) mass is 390 g/mol. The van der Waals surface area contributed by atoms with Gasteiger partial charge >= 0.3 is 0 Å². The molecule has 1 unspecified atom stereocenters. The smallest absolute Gasteiger partial charge is 0.193 e. The summed E-state index contributed by atoms with van der Waals surface area (Å²) in [4.78, 5) is 16.5. The minimum Gasteiger partial charge on any atom is -0.354 e. The first-order valence-corrected chi connectivity index (χ1v) is 11.3. The molecule has 3 rings (SSSR count). The van der Waals surface area contributed by atoms with Crippen LogP contribution in [0.1, 0.15) is 25.8 Å². The van der Waals surface area contributed by atoms with Gasteiger partial charge in [-0.05, 0) is 24.6 Å². The maximum Gasteiger partial charge on any atom is 0.193 e. The second-order valence-electron chi connectivity index (χ2n) is 7.19. The fourth-order valence-electron chi connectivity index (χ4n) is 3.67. The standard InChI is InChI=1S/C20H34N6S/c1-4-18-16-26(12-13-27-18)20(21-3)23-15-17-6-7-19(22-14-17)25-10-8-24(5-2)9-11-25/h6-7,14,18H,4-5,8-13,15-16H2,1-3H3,(H,21,23). The van der Waals surface area contributed by atoms with Crippen LogP contribution < -0.4 is 10.2 Å². The number of guanidine groups is 1. The number of rotatable bonds is 5. The van der Waals surface area contributed by atoms with Gasteiger partial charge in [0.15, 0.2) is 5.96 Å². The zero-order valence-electron chi connectivity index (χ0n) is 17.0. The van der Waals surface area contributed by atoms with E-state index in [2.05, 4.69) is 62.8 Å². The Morgan fingerprint density at radius 2 is 2.04 bits per heavy atom. The lowest BCUT2D eigenvalue weighted by molar-refractivity contribution is 0.270. The molecule has 2 aliphatic rings. The van der Waals surface area contributed by atoms with Gasteiger partial charge < -0.3 is 20.0 Å². The predicted octanol–water partition coefficient (Wildman–Crippen LogP) is 2.13. The Labute approximate surface area is 168 Å². The molecule has 150 valence electrons. The van der Waals surface area contributed by atoms with E-state index in [0.717, 1.165) is 64.1 Å². The van der Waals surface area contributed by atoms with Gasteiger partial charge in [-0.2, -0.15) is 11.8 Å². The van der Waals surface area contributed by atoms with Gasteiger partial charge in [0.1, 0.15) is 5.82 Å². The van der Waals surface area contributed by atoms with Crippen molar-refractivity contribution in [3.63, 3.8) is 0 Å². The highest BCUT2D eigenvalue weighted by Crippen LogP contribution is 2.21. The highest BCUT2D eigenvalue weighted by atomic mass is 32.2.